The molecule has 3 rings (SSSR count). The van der Waals surface area contributed by atoms with Crippen molar-refractivity contribution in [3.63, 3.8) is 0 Å². The topological polar surface area (TPSA) is 69.7 Å². The number of benzene rings is 2. The molecule has 6 nitrogen and oxygen atoms in total. The molecule has 1 fully saturated rings. The summed E-state index contributed by atoms with van der Waals surface area (Å²) in [4.78, 5) is 16.5. The highest BCUT2D eigenvalue weighted by Gasteiger charge is 2.25. The molecule has 168 valence electrons. The molecule has 0 bridgehead atoms. The summed E-state index contributed by atoms with van der Waals surface area (Å²) in [6.45, 7) is 4.16. The van der Waals surface area contributed by atoms with Crippen LogP contribution in [-0.4, -0.2) is 57.4 Å². The summed E-state index contributed by atoms with van der Waals surface area (Å²) in [6, 6.07) is 13.2. The first-order valence-electron chi connectivity index (χ1n) is 10.5. The summed E-state index contributed by atoms with van der Waals surface area (Å²) in [5, 5.41) is 0. The highest BCUT2D eigenvalue weighted by molar-refractivity contribution is 7.89. The summed E-state index contributed by atoms with van der Waals surface area (Å²) in [6.07, 6.45) is 1.81. The molecule has 0 spiro atoms. The molecule has 2 aromatic carbocycles. The molecule has 31 heavy (non-hydrogen) atoms. The van der Waals surface area contributed by atoms with E-state index in [1.54, 1.807) is 49.5 Å². The van der Waals surface area contributed by atoms with Crippen molar-refractivity contribution >= 4 is 15.9 Å². The molecule has 0 aromatic heterocycles. The first kappa shape index (κ1) is 23.4. The van der Waals surface area contributed by atoms with Gasteiger partial charge in [-0.3, -0.25) is 9.69 Å². The summed E-state index contributed by atoms with van der Waals surface area (Å²) in [5.41, 5.74) is 1.49. The zero-order valence-electron chi connectivity index (χ0n) is 18.1. The lowest BCUT2D eigenvalue weighted by Gasteiger charge is -2.33. The van der Waals surface area contributed by atoms with Crippen LogP contribution in [0.5, 0.6) is 0 Å². The van der Waals surface area contributed by atoms with E-state index in [4.69, 9.17) is 0 Å². The summed E-state index contributed by atoms with van der Waals surface area (Å²) in [7, 11) is -1.88. The monoisotopic (exact) mass is 447 g/mol. The quantitative estimate of drug-likeness (QED) is 0.676. The molecule has 1 amide bonds. The molecule has 1 aliphatic heterocycles. The number of halogens is 1. The number of amides is 1. The first-order valence-corrected chi connectivity index (χ1v) is 12.0. The molecule has 0 aliphatic carbocycles. The molecule has 1 unspecified atom stereocenters. The van der Waals surface area contributed by atoms with Crippen LogP contribution in [0, 0.1) is 18.7 Å². The lowest BCUT2D eigenvalue weighted by Crippen LogP contribution is -2.45. The minimum absolute atomic E-state index is 0.0795. The van der Waals surface area contributed by atoms with E-state index in [1.165, 1.54) is 11.0 Å². The number of nitrogens with zero attached hydrogens (tertiary/aromatic N) is 2. The molecule has 1 aliphatic rings. The van der Waals surface area contributed by atoms with Gasteiger partial charge in [0.1, 0.15) is 5.82 Å². The van der Waals surface area contributed by atoms with Gasteiger partial charge in [0.05, 0.1) is 11.4 Å². The average molecular weight is 448 g/mol. The van der Waals surface area contributed by atoms with Gasteiger partial charge in [-0.05, 0) is 50.4 Å². The number of hydrogen-bond donors (Lipinski definition) is 1. The third-order valence-electron chi connectivity index (χ3n) is 5.65. The van der Waals surface area contributed by atoms with Gasteiger partial charge in [0.25, 0.3) is 0 Å². The zero-order valence-corrected chi connectivity index (χ0v) is 18.9. The van der Waals surface area contributed by atoms with Crippen molar-refractivity contribution in [2.24, 2.45) is 5.92 Å². The van der Waals surface area contributed by atoms with Gasteiger partial charge < -0.3 is 4.90 Å². The maximum Gasteiger partial charge on any atom is 0.240 e. The number of rotatable bonds is 8. The first-order chi connectivity index (χ1) is 14.7. The number of carbonyl (C=O) groups excluding carboxylic acids is 1. The van der Waals surface area contributed by atoms with Crippen molar-refractivity contribution in [2.75, 3.05) is 33.2 Å². The van der Waals surface area contributed by atoms with E-state index in [2.05, 4.69) is 9.62 Å². The number of aryl methyl sites for hydroxylation is 1. The molecule has 1 saturated heterocycles. The second-order valence-corrected chi connectivity index (χ2v) is 10.0. The third-order valence-corrected chi connectivity index (χ3v) is 7.09. The second kappa shape index (κ2) is 10.3. The predicted octanol–water partition coefficient (Wildman–Crippen LogP) is 2.78. The number of likely N-dealkylation sites (tertiary alicyclic amines) is 1. The van der Waals surface area contributed by atoms with Crippen LogP contribution in [-0.2, 0) is 21.4 Å². The van der Waals surface area contributed by atoms with E-state index in [-0.39, 0.29) is 35.6 Å². The number of hydrogen-bond acceptors (Lipinski definition) is 4. The van der Waals surface area contributed by atoms with Crippen molar-refractivity contribution < 1.29 is 17.6 Å². The number of carbonyl (C=O) groups is 1. The molecule has 0 radical (unpaired) electrons. The Morgan fingerprint density at radius 3 is 2.61 bits per heavy atom. The van der Waals surface area contributed by atoms with E-state index in [1.807, 2.05) is 6.92 Å². The molecule has 8 heteroatoms. The van der Waals surface area contributed by atoms with Crippen LogP contribution in [0.15, 0.2) is 53.4 Å². The smallest absolute Gasteiger partial charge is 0.240 e. The van der Waals surface area contributed by atoms with E-state index >= 15 is 0 Å². The Morgan fingerprint density at radius 1 is 1.19 bits per heavy atom. The molecule has 2 aromatic rings. The van der Waals surface area contributed by atoms with E-state index in [0.717, 1.165) is 24.9 Å². The lowest BCUT2D eigenvalue weighted by atomic mass is 9.98. The SMILES string of the molecule is Cc1ccc(S(=O)(=O)NCC2CCCN(CC(=O)N(C)Cc3ccccc3F)C2)cc1. The van der Waals surface area contributed by atoms with Crippen molar-refractivity contribution in [3.05, 3.63) is 65.5 Å². The molecule has 0 saturated carbocycles. The minimum atomic E-state index is -3.55. The van der Waals surface area contributed by atoms with Gasteiger partial charge in [0.15, 0.2) is 0 Å². The Bertz CT molecular complexity index is 995. The highest BCUT2D eigenvalue weighted by atomic mass is 32.2. The molecule has 1 atom stereocenters. The zero-order chi connectivity index (χ0) is 22.4. The average Bonchev–Trinajstić information content (AvgIpc) is 2.74. The van der Waals surface area contributed by atoms with E-state index in [0.29, 0.717) is 18.7 Å². The normalized spacial score (nSPS) is 17.5. The second-order valence-electron chi connectivity index (χ2n) is 8.25. The lowest BCUT2D eigenvalue weighted by molar-refractivity contribution is -0.132. The van der Waals surface area contributed by atoms with Crippen molar-refractivity contribution in [1.82, 2.24) is 14.5 Å². The van der Waals surface area contributed by atoms with Crippen LogP contribution in [0.25, 0.3) is 0 Å². The van der Waals surface area contributed by atoms with Gasteiger partial charge in [0.2, 0.25) is 15.9 Å². The number of likely N-dealkylation sites (N-methyl/N-ethyl adjacent to an activating group) is 1. The summed E-state index contributed by atoms with van der Waals surface area (Å²) >= 11 is 0. The van der Waals surface area contributed by atoms with Crippen LogP contribution in [0.3, 0.4) is 0 Å². The fourth-order valence-electron chi connectivity index (χ4n) is 3.77. The largest absolute Gasteiger partial charge is 0.340 e. The number of piperidine rings is 1. The predicted molar refractivity (Wildman–Crippen MR) is 118 cm³/mol. The van der Waals surface area contributed by atoms with Crippen molar-refractivity contribution in [2.45, 2.75) is 31.2 Å². The van der Waals surface area contributed by atoms with Crippen LogP contribution in [0.1, 0.15) is 24.0 Å². The molecule has 1 N–H and O–H groups in total. The Labute approximate surface area is 184 Å². The van der Waals surface area contributed by atoms with Gasteiger partial charge in [0, 0.05) is 32.2 Å². The van der Waals surface area contributed by atoms with E-state index in [9.17, 15) is 17.6 Å². The van der Waals surface area contributed by atoms with Gasteiger partial charge in [-0.1, -0.05) is 35.9 Å². The fraction of sp³-hybridized carbons (Fsp3) is 0.435. The van der Waals surface area contributed by atoms with Gasteiger partial charge in [-0.15, -0.1) is 0 Å². The van der Waals surface area contributed by atoms with Crippen LogP contribution < -0.4 is 4.72 Å². The maximum absolute atomic E-state index is 13.8. The van der Waals surface area contributed by atoms with Crippen molar-refractivity contribution in [1.29, 1.82) is 0 Å². The van der Waals surface area contributed by atoms with Crippen molar-refractivity contribution in [3.8, 4) is 0 Å². The van der Waals surface area contributed by atoms with Gasteiger partial charge in [-0.2, -0.15) is 0 Å². The minimum Gasteiger partial charge on any atom is -0.340 e. The summed E-state index contributed by atoms with van der Waals surface area (Å²) in [5.74, 6) is -0.260. The summed E-state index contributed by atoms with van der Waals surface area (Å²) < 4.78 is 41.6. The number of sulfonamides is 1. The molecular formula is C23H30FN3O3S. The fourth-order valence-corrected chi connectivity index (χ4v) is 4.89. The maximum atomic E-state index is 13.8. The van der Waals surface area contributed by atoms with E-state index < -0.39 is 10.0 Å². The van der Waals surface area contributed by atoms with Gasteiger partial charge >= 0.3 is 0 Å². The van der Waals surface area contributed by atoms with Crippen LogP contribution in [0.2, 0.25) is 0 Å². The van der Waals surface area contributed by atoms with Gasteiger partial charge in [-0.25, -0.2) is 17.5 Å². The Kier molecular flexibility index (Phi) is 7.80. The molecular weight excluding hydrogens is 417 g/mol. The van der Waals surface area contributed by atoms with Crippen LogP contribution in [0.4, 0.5) is 4.39 Å². The highest BCUT2D eigenvalue weighted by Crippen LogP contribution is 2.18. The standard InChI is InChI=1S/C23H30FN3O3S/c1-18-9-11-21(12-10-18)31(29,30)25-14-19-6-5-13-27(15-19)17-23(28)26(2)16-20-7-3-4-8-22(20)24/h3-4,7-12,19,25H,5-6,13-17H2,1-2H3. The molecule has 1 heterocycles. The van der Waals surface area contributed by atoms with Crippen LogP contribution >= 0.6 is 0 Å². The Balaban J connectivity index is 1.50. The Morgan fingerprint density at radius 2 is 1.90 bits per heavy atom. The third kappa shape index (κ3) is 6.59. The number of nitrogens with one attached hydrogen (secondary N) is 1. The Hall–Kier alpha value is -2.29.